The van der Waals surface area contributed by atoms with Crippen LogP contribution in [-0.4, -0.2) is 36.5 Å². The van der Waals surface area contributed by atoms with Crippen molar-refractivity contribution < 1.29 is 14.4 Å². The zero-order valence-corrected chi connectivity index (χ0v) is 15.0. The molecule has 2 aliphatic heterocycles. The van der Waals surface area contributed by atoms with Crippen LogP contribution in [0.1, 0.15) is 42.6 Å². The average molecular weight is 367 g/mol. The van der Waals surface area contributed by atoms with Gasteiger partial charge in [-0.2, -0.15) is 0 Å². The summed E-state index contributed by atoms with van der Waals surface area (Å²) in [6.45, 7) is 4.68. The van der Waals surface area contributed by atoms with Crippen molar-refractivity contribution in [1.29, 1.82) is 0 Å². The maximum Gasteiger partial charge on any atom is 0.322 e. The number of piperidine rings is 1. The van der Waals surface area contributed by atoms with Crippen molar-refractivity contribution in [3.05, 3.63) is 35.4 Å². The van der Waals surface area contributed by atoms with Gasteiger partial charge in [0.25, 0.3) is 11.8 Å². The SMILES string of the molecule is CC1NCCCC1NC(=O)c1ccc(C2(C)NC(=O)NC2=O)cc1.Cl. The van der Waals surface area contributed by atoms with Gasteiger partial charge in [-0.3, -0.25) is 14.9 Å². The first kappa shape index (κ1) is 19.2. The van der Waals surface area contributed by atoms with Crippen LogP contribution >= 0.6 is 12.4 Å². The summed E-state index contributed by atoms with van der Waals surface area (Å²) in [6.07, 6.45) is 2.00. The Morgan fingerprint density at radius 1 is 1.24 bits per heavy atom. The van der Waals surface area contributed by atoms with Gasteiger partial charge in [0.2, 0.25) is 0 Å². The van der Waals surface area contributed by atoms with Gasteiger partial charge >= 0.3 is 6.03 Å². The zero-order valence-electron chi connectivity index (χ0n) is 14.2. The van der Waals surface area contributed by atoms with Gasteiger partial charge in [0.1, 0.15) is 5.54 Å². The number of hydrogen-bond acceptors (Lipinski definition) is 4. The van der Waals surface area contributed by atoms with Gasteiger partial charge in [-0.05, 0) is 50.9 Å². The number of benzene rings is 1. The maximum absolute atomic E-state index is 12.4. The highest BCUT2D eigenvalue weighted by atomic mass is 35.5. The molecule has 1 aromatic carbocycles. The van der Waals surface area contributed by atoms with E-state index in [-0.39, 0.29) is 30.4 Å². The molecule has 0 radical (unpaired) electrons. The summed E-state index contributed by atoms with van der Waals surface area (Å²) in [4.78, 5) is 35.7. The lowest BCUT2D eigenvalue weighted by Crippen LogP contribution is -2.51. The van der Waals surface area contributed by atoms with Crippen LogP contribution in [0.2, 0.25) is 0 Å². The molecular formula is C17H23ClN4O3. The Bertz CT molecular complexity index is 679. The Kier molecular flexibility index (Phi) is 5.69. The number of nitrogens with one attached hydrogen (secondary N) is 4. The second-order valence-corrected chi connectivity index (χ2v) is 6.58. The quantitative estimate of drug-likeness (QED) is 0.600. The van der Waals surface area contributed by atoms with E-state index in [9.17, 15) is 14.4 Å². The molecule has 3 atom stereocenters. The number of imide groups is 1. The molecule has 7 nitrogen and oxygen atoms in total. The van der Waals surface area contributed by atoms with E-state index < -0.39 is 17.5 Å². The summed E-state index contributed by atoms with van der Waals surface area (Å²) >= 11 is 0. The predicted molar refractivity (Wildman–Crippen MR) is 95.7 cm³/mol. The molecule has 25 heavy (non-hydrogen) atoms. The lowest BCUT2D eigenvalue weighted by Gasteiger charge is -2.30. The van der Waals surface area contributed by atoms with Crippen molar-refractivity contribution in [2.75, 3.05) is 6.54 Å². The molecular weight excluding hydrogens is 344 g/mol. The van der Waals surface area contributed by atoms with E-state index in [1.54, 1.807) is 31.2 Å². The molecule has 2 aliphatic rings. The molecule has 4 amide bonds. The van der Waals surface area contributed by atoms with Crippen molar-refractivity contribution in [1.82, 2.24) is 21.3 Å². The fourth-order valence-corrected chi connectivity index (χ4v) is 3.19. The number of urea groups is 1. The van der Waals surface area contributed by atoms with E-state index in [1.165, 1.54) is 0 Å². The maximum atomic E-state index is 12.4. The third kappa shape index (κ3) is 3.77. The number of carbonyl (C=O) groups is 3. The van der Waals surface area contributed by atoms with Crippen LogP contribution in [-0.2, 0) is 10.3 Å². The zero-order chi connectivity index (χ0) is 17.3. The molecule has 4 N–H and O–H groups in total. The molecule has 0 aromatic heterocycles. The second-order valence-electron chi connectivity index (χ2n) is 6.58. The molecule has 0 saturated carbocycles. The van der Waals surface area contributed by atoms with Crippen LogP contribution in [0.3, 0.4) is 0 Å². The van der Waals surface area contributed by atoms with E-state index in [2.05, 4.69) is 28.2 Å². The van der Waals surface area contributed by atoms with Gasteiger partial charge in [0.05, 0.1) is 0 Å². The molecule has 2 fully saturated rings. The molecule has 0 spiro atoms. The van der Waals surface area contributed by atoms with E-state index >= 15 is 0 Å². The largest absolute Gasteiger partial charge is 0.348 e. The van der Waals surface area contributed by atoms with Crippen molar-refractivity contribution >= 4 is 30.3 Å². The summed E-state index contributed by atoms with van der Waals surface area (Å²) in [5.41, 5.74) is 0.0633. The van der Waals surface area contributed by atoms with Gasteiger partial charge in [-0.15, -0.1) is 12.4 Å². The standard InChI is InChI=1S/C17H22N4O3.ClH/c1-10-13(4-3-9-18-10)19-14(22)11-5-7-12(8-6-11)17(2)15(23)20-16(24)21-17;/h5-8,10,13,18H,3-4,9H2,1-2H3,(H,19,22)(H2,20,21,23,24);1H. The van der Waals surface area contributed by atoms with Crippen molar-refractivity contribution in [3.8, 4) is 0 Å². The molecule has 8 heteroatoms. The Morgan fingerprint density at radius 2 is 1.92 bits per heavy atom. The molecule has 3 unspecified atom stereocenters. The van der Waals surface area contributed by atoms with Crippen LogP contribution < -0.4 is 21.3 Å². The first-order valence-electron chi connectivity index (χ1n) is 8.18. The molecule has 3 rings (SSSR count). The third-order valence-electron chi connectivity index (χ3n) is 4.85. The summed E-state index contributed by atoms with van der Waals surface area (Å²) < 4.78 is 0. The molecule has 1 aromatic rings. The normalized spacial score (nSPS) is 28.6. The van der Waals surface area contributed by atoms with Gasteiger partial charge in [-0.25, -0.2) is 4.79 Å². The monoisotopic (exact) mass is 366 g/mol. The first-order chi connectivity index (χ1) is 11.4. The molecule has 0 aliphatic carbocycles. The fourth-order valence-electron chi connectivity index (χ4n) is 3.19. The van der Waals surface area contributed by atoms with Crippen molar-refractivity contribution in [3.63, 3.8) is 0 Å². The third-order valence-corrected chi connectivity index (χ3v) is 4.85. The van der Waals surface area contributed by atoms with Gasteiger partial charge in [0.15, 0.2) is 0 Å². The summed E-state index contributed by atoms with van der Waals surface area (Å²) in [7, 11) is 0. The van der Waals surface area contributed by atoms with Gasteiger partial charge in [-0.1, -0.05) is 12.1 Å². The number of carbonyl (C=O) groups excluding carboxylic acids is 3. The predicted octanol–water partition coefficient (Wildman–Crippen LogP) is 1.03. The van der Waals surface area contributed by atoms with E-state index in [1.807, 2.05) is 0 Å². The van der Waals surface area contributed by atoms with Crippen LogP contribution in [0.15, 0.2) is 24.3 Å². The lowest BCUT2D eigenvalue weighted by atomic mass is 9.91. The number of hydrogen-bond donors (Lipinski definition) is 4. The molecule has 2 saturated heterocycles. The average Bonchev–Trinajstić information content (AvgIpc) is 2.83. The Labute approximate surface area is 152 Å². The summed E-state index contributed by atoms with van der Waals surface area (Å²) in [5.74, 6) is -0.529. The van der Waals surface area contributed by atoms with Crippen LogP contribution in [0.25, 0.3) is 0 Å². The van der Waals surface area contributed by atoms with Crippen LogP contribution in [0, 0.1) is 0 Å². The van der Waals surface area contributed by atoms with E-state index in [4.69, 9.17) is 0 Å². The smallest absolute Gasteiger partial charge is 0.322 e. The number of halogens is 1. The minimum Gasteiger partial charge on any atom is -0.348 e. The van der Waals surface area contributed by atoms with Gasteiger partial charge < -0.3 is 16.0 Å². The van der Waals surface area contributed by atoms with Crippen molar-refractivity contribution in [2.24, 2.45) is 0 Å². The Hall–Kier alpha value is -2.12. The van der Waals surface area contributed by atoms with E-state index in [0.29, 0.717) is 11.1 Å². The molecule has 2 heterocycles. The first-order valence-corrected chi connectivity index (χ1v) is 8.18. The minimum atomic E-state index is -1.10. The highest BCUT2D eigenvalue weighted by Gasteiger charge is 2.43. The molecule has 0 bridgehead atoms. The van der Waals surface area contributed by atoms with Crippen molar-refractivity contribution in [2.45, 2.75) is 44.3 Å². The van der Waals surface area contributed by atoms with Crippen LogP contribution in [0.4, 0.5) is 4.79 Å². The topological polar surface area (TPSA) is 99.3 Å². The summed E-state index contributed by atoms with van der Waals surface area (Å²) in [6, 6.07) is 6.60. The number of amides is 4. The second kappa shape index (κ2) is 7.41. The number of rotatable bonds is 3. The Morgan fingerprint density at radius 3 is 2.48 bits per heavy atom. The highest BCUT2D eigenvalue weighted by molar-refractivity contribution is 6.07. The van der Waals surface area contributed by atoms with Crippen LogP contribution in [0.5, 0.6) is 0 Å². The fraction of sp³-hybridized carbons (Fsp3) is 0.471. The van der Waals surface area contributed by atoms with Gasteiger partial charge in [0, 0.05) is 17.6 Å². The Balaban J connectivity index is 0.00000225. The lowest BCUT2D eigenvalue weighted by molar-refractivity contribution is -0.123. The highest BCUT2D eigenvalue weighted by Crippen LogP contribution is 2.24. The van der Waals surface area contributed by atoms with E-state index in [0.717, 1.165) is 19.4 Å². The summed E-state index contributed by atoms with van der Waals surface area (Å²) in [5, 5.41) is 11.2. The minimum absolute atomic E-state index is 0. The molecule has 136 valence electrons.